The van der Waals surface area contributed by atoms with Crippen LogP contribution in [0.5, 0.6) is 0 Å². The fraction of sp³-hybridized carbons (Fsp3) is 0.217. The molecule has 1 amide bonds. The maximum Gasteiger partial charge on any atom is 0.307 e. The van der Waals surface area contributed by atoms with Gasteiger partial charge in [0, 0.05) is 40.2 Å². The van der Waals surface area contributed by atoms with Crippen LogP contribution in [-0.4, -0.2) is 11.6 Å². The summed E-state index contributed by atoms with van der Waals surface area (Å²) in [4.78, 5) is 12.3. The number of amides is 1. The smallest absolute Gasteiger partial charge is 0.307 e. The molecular formula is C23H21Cl2N3O2. The van der Waals surface area contributed by atoms with Gasteiger partial charge in [-0.15, -0.1) is 0 Å². The number of furan rings is 1. The Morgan fingerprint density at radius 1 is 1.03 bits per heavy atom. The van der Waals surface area contributed by atoms with E-state index >= 15 is 0 Å². The second-order valence-corrected chi connectivity index (χ2v) is 8.07. The number of nitrogens with zero attached hydrogens (tertiary/aromatic N) is 1. The minimum absolute atomic E-state index is 0.000499. The van der Waals surface area contributed by atoms with E-state index < -0.39 is 0 Å². The molecule has 2 heterocycles. The quantitative estimate of drug-likeness (QED) is 0.503. The van der Waals surface area contributed by atoms with Crippen LogP contribution < -0.4 is 10.7 Å². The molecule has 0 saturated carbocycles. The lowest BCUT2D eigenvalue weighted by Crippen LogP contribution is -2.42. The molecule has 1 aromatic heterocycles. The van der Waals surface area contributed by atoms with Crippen LogP contribution in [0.25, 0.3) is 0 Å². The Morgan fingerprint density at radius 2 is 1.70 bits per heavy atom. The number of rotatable bonds is 4. The summed E-state index contributed by atoms with van der Waals surface area (Å²) in [6.45, 7) is 2.07. The first-order valence-electron chi connectivity index (χ1n) is 9.70. The summed E-state index contributed by atoms with van der Waals surface area (Å²) in [7, 11) is 0. The van der Waals surface area contributed by atoms with E-state index in [1.807, 2.05) is 48.5 Å². The summed E-state index contributed by atoms with van der Waals surface area (Å²) in [5, 5.41) is 9.51. The fourth-order valence-corrected chi connectivity index (χ4v) is 4.30. The van der Waals surface area contributed by atoms with Crippen molar-refractivity contribution in [3.05, 3.63) is 93.9 Å². The van der Waals surface area contributed by atoms with Crippen molar-refractivity contribution in [2.45, 2.75) is 25.4 Å². The van der Waals surface area contributed by atoms with Crippen LogP contribution in [0.3, 0.4) is 0 Å². The summed E-state index contributed by atoms with van der Waals surface area (Å²) in [5.41, 5.74) is 5.43. The molecule has 7 heteroatoms. The average Bonchev–Trinajstić information content (AvgIpc) is 3.29. The Kier molecular flexibility index (Phi) is 6.23. The first kappa shape index (κ1) is 20.7. The van der Waals surface area contributed by atoms with E-state index in [1.165, 1.54) is 6.26 Å². The highest BCUT2D eigenvalue weighted by atomic mass is 35.5. The van der Waals surface area contributed by atoms with E-state index in [1.54, 1.807) is 12.1 Å². The molecule has 3 aromatic rings. The molecule has 4 rings (SSSR count). The number of halogens is 2. The third kappa shape index (κ3) is 4.29. The first-order valence-corrected chi connectivity index (χ1v) is 10.5. The van der Waals surface area contributed by atoms with Gasteiger partial charge in [-0.25, -0.2) is 5.43 Å². The number of carbonyl (C=O) groups is 1. The number of nitrogens with one attached hydrogen (secondary N) is 2. The van der Waals surface area contributed by atoms with Gasteiger partial charge in [0.15, 0.2) is 5.76 Å². The van der Waals surface area contributed by atoms with Gasteiger partial charge in [0.25, 0.3) is 0 Å². The normalized spacial score (nSPS) is 22.8. The van der Waals surface area contributed by atoms with Gasteiger partial charge in [0.05, 0.1) is 6.26 Å². The summed E-state index contributed by atoms with van der Waals surface area (Å²) in [5.74, 6) is -0.173. The molecule has 0 bridgehead atoms. The molecule has 3 atom stereocenters. The third-order valence-electron chi connectivity index (χ3n) is 5.39. The summed E-state index contributed by atoms with van der Waals surface area (Å²) >= 11 is 13.0. The van der Waals surface area contributed by atoms with Crippen molar-refractivity contribution < 1.29 is 9.21 Å². The molecule has 154 valence electrons. The van der Waals surface area contributed by atoms with Crippen LogP contribution in [0.15, 0.2) is 76.4 Å². The second kappa shape index (κ2) is 9.04. The van der Waals surface area contributed by atoms with Crippen molar-refractivity contribution in [3.8, 4) is 0 Å². The standard InChI is InChI=1S/C23H21Cl2N3O2/c1-14-19(27-28-23(29)21-11-6-12-30-21)13-20(15-7-2-4-9-17(15)24)26-22(14)16-8-3-5-10-18(16)25/h2-12,14,20,22,26H,13H2,1H3,(H,28,29)/b27-19+. The molecule has 1 saturated heterocycles. The second-order valence-electron chi connectivity index (χ2n) is 7.25. The zero-order valence-corrected chi connectivity index (χ0v) is 17.8. The van der Waals surface area contributed by atoms with Gasteiger partial charge in [0.2, 0.25) is 0 Å². The van der Waals surface area contributed by atoms with Gasteiger partial charge >= 0.3 is 5.91 Å². The Morgan fingerprint density at radius 3 is 2.33 bits per heavy atom. The van der Waals surface area contributed by atoms with Crippen LogP contribution >= 0.6 is 23.2 Å². The molecule has 1 fully saturated rings. The zero-order chi connectivity index (χ0) is 21.1. The van der Waals surface area contributed by atoms with Crippen LogP contribution in [-0.2, 0) is 0 Å². The fourth-order valence-electron chi connectivity index (χ4n) is 3.78. The lowest BCUT2D eigenvalue weighted by atomic mass is 9.81. The number of benzene rings is 2. The molecular weight excluding hydrogens is 421 g/mol. The summed E-state index contributed by atoms with van der Waals surface area (Å²) in [6, 6.07) is 18.6. The van der Waals surface area contributed by atoms with E-state index in [0.717, 1.165) is 16.8 Å². The van der Waals surface area contributed by atoms with Gasteiger partial charge in [-0.3, -0.25) is 4.79 Å². The molecule has 5 nitrogen and oxygen atoms in total. The SMILES string of the molecule is CC1/C(=N/NC(=O)c2ccco2)CC(c2ccccc2Cl)NC1c1ccccc1Cl. The highest BCUT2D eigenvalue weighted by molar-refractivity contribution is 6.31. The van der Waals surface area contributed by atoms with Crippen molar-refractivity contribution in [1.29, 1.82) is 0 Å². The molecule has 30 heavy (non-hydrogen) atoms. The predicted molar refractivity (Wildman–Crippen MR) is 119 cm³/mol. The van der Waals surface area contributed by atoms with Crippen molar-refractivity contribution in [2.75, 3.05) is 0 Å². The highest BCUT2D eigenvalue weighted by Crippen LogP contribution is 2.39. The number of carbonyl (C=O) groups excluding carboxylic acids is 1. The molecule has 2 aromatic carbocycles. The molecule has 3 unspecified atom stereocenters. The van der Waals surface area contributed by atoms with Gasteiger partial charge in [-0.1, -0.05) is 66.5 Å². The number of piperidine rings is 1. The molecule has 1 aliphatic heterocycles. The highest BCUT2D eigenvalue weighted by Gasteiger charge is 2.35. The van der Waals surface area contributed by atoms with E-state index in [2.05, 4.69) is 22.8 Å². The molecule has 0 radical (unpaired) electrons. The van der Waals surface area contributed by atoms with Crippen molar-refractivity contribution >= 4 is 34.8 Å². The predicted octanol–water partition coefficient (Wildman–Crippen LogP) is 5.78. The minimum atomic E-state index is -0.387. The van der Waals surface area contributed by atoms with E-state index in [4.69, 9.17) is 27.6 Å². The number of hydrogen-bond acceptors (Lipinski definition) is 4. The maximum absolute atomic E-state index is 12.3. The zero-order valence-electron chi connectivity index (χ0n) is 16.3. The van der Waals surface area contributed by atoms with E-state index in [0.29, 0.717) is 16.5 Å². The van der Waals surface area contributed by atoms with Crippen molar-refractivity contribution in [3.63, 3.8) is 0 Å². The van der Waals surface area contributed by atoms with E-state index in [-0.39, 0.29) is 29.7 Å². The molecule has 0 spiro atoms. The molecule has 0 aliphatic carbocycles. The van der Waals surface area contributed by atoms with E-state index in [9.17, 15) is 4.79 Å². The average molecular weight is 442 g/mol. The first-order chi connectivity index (χ1) is 14.5. The number of hydrogen-bond donors (Lipinski definition) is 2. The van der Waals surface area contributed by atoms with Crippen LogP contribution in [0.2, 0.25) is 10.0 Å². The topological polar surface area (TPSA) is 66.6 Å². The lowest BCUT2D eigenvalue weighted by Gasteiger charge is -2.38. The third-order valence-corrected chi connectivity index (χ3v) is 6.07. The monoisotopic (exact) mass is 441 g/mol. The minimum Gasteiger partial charge on any atom is -0.459 e. The van der Waals surface area contributed by atoms with Gasteiger partial charge < -0.3 is 9.73 Å². The van der Waals surface area contributed by atoms with Gasteiger partial charge in [0.1, 0.15) is 0 Å². The van der Waals surface area contributed by atoms with Crippen molar-refractivity contribution in [2.24, 2.45) is 11.0 Å². The van der Waals surface area contributed by atoms with Crippen LogP contribution in [0, 0.1) is 5.92 Å². The Hall–Kier alpha value is -2.60. The maximum atomic E-state index is 12.3. The largest absolute Gasteiger partial charge is 0.459 e. The van der Waals surface area contributed by atoms with Gasteiger partial charge in [-0.2, -0.15) is 5.10 Å². The summed E-state index contributed by atoms with van der Waals surface area (Å²) in [6.07, 6.45) is 2.06. The van der Waals surface area contributed by atoms with Gasteiger partial charge in [-0.05, 0) is 35.4 Å². The van der Waals surface area contributed by atoms with Crippen LogP contribution in [0.4, 0.5) is 0 Å². The Labute approximate surface area is 185 Å². The molecule has 1 aliphatic rings. The Bertz CT molecular complexity index is 1070. The van der Waals surface area contributed by atoms with Crippen LogP contribution in [0.1, 0.15) is 47.1 Å². The lowest BCUT2D eigenvalue weighted by molar-refractivity contribution is 0.0926. The number of hydrazone groups is 1. The van der Waals surface area contributed by atoms with Crippen molar-refractivity contribution in [1.82, 2.24) is 10.7 Å². The summed E-state index contributed by atoms with van der Waals surface area (Å²) < 4.78 is 5.15. The Balaban J connectivity index is 1.67. The molecule has 2 N–H and O–H groups in total.